The number of fused-ring (bicyclic) bond motifs is 1. The molecule has 0 unspecified atom stereocenters. The van der Waals surface area contributed by atoms with Gasteiger partial charge in [-0.2, -0.15) is 0 Å². The number of amides is 1. The predicted molar refractivity (Wildman–Crippen MR) is 67.6 cm³/mol. The van der Waals surface area contributed by atoms with Crippen LogP contribution in [-0.4, -0.2) is 22.4 Å². The standard InChI is InChI=1S/C11H10N4OS/c1-2-3-4-14-10(16)9-7(12)8-11(17-9)15-6-5-13-8/h1,5-6H,3-4,12H2,(H,14,16). The molecule has 0 atom stereocenters. The minimum Gasteiger partial charge on any atom is -0.396 e. The van der Waals surface area contributed by atoms with Crippen molar-refractivity contribution < 1.29 is 4.79 Å². The van der Waals surface area contributed by atoms with Crippen LogP contribution in [0.5, 0.6) is 0 Å². The molecule has 0 spiro atoms. The van der Waals surface area contributed by atoms with Gasteiger partial charge in [0.1, 0.15) is 15.2 Å². The average molecular weight is 246 g/mol. The van der Waals surface area contributed by atoms with Gasteiger partial charge < -0.3 is 11.1 Å². The highest BCUT2D eigenvalue weighted by Gasteiger charge is 2.17. The van der Waals surface area contributed by atoms with Gasteiger partial charge in [0.25, 0.3) is 5.91 Å². The van der Waals surface area contributed by atoms with Crippen molar-refractivity contribution in [1.29, 1.82) is 0 Å². The minimum atomic E-state index is -0.234. The van der Waals surface area contributed by atoms with Crippen LogP contribution in [0.15, 0.2) is 12.4 Å². The smallest absolute Gasteiger partial charge is 0.263 e. The van der Waals surface area contributed by atoms with E-state index >= 15 is 0 Å². The Morgan fingerprint density at radius 1 is 1.53 bits per heavy atom. The third-order valence-corrected chi connectivity index (χ3v) is 3.23. The maximum atomic E-state index is 11.8. The molecule has 0 aromatic carbocycles. The van der Waals surface area contributed by atoms with E-state index < -0.39 is 0 Å². The number of terminal acetylenes is 1. The van der Waals surface area contributed by atoms with Gasteiger partial charge in [-0.3, -0.25) is 4.79 Å². The largest absolute Gasteiger partial charge is 0.396 e. The molecule has 0 bridgehead atoms. The number of hydrogen-bond acceptors (Lipinski definition) is 5. The number of aromatic nitrogens is 2. The first kappa shape index (κ1) is 11.4. The molecule has 3 N–H and O–H groups in total. The number of hydrogen-bond donors (Lipinski definition) is 2. The van der Waals surface area contributed by atoms with Crippen LogP contribution in [0, 0.1) is 12.3 Å². The number of thiophene rings is 1. The second-order valence-corrected chi connectivity index (χ2v) is 4.26. The van der Waals surface area contributed by atoms with Gasteiger partial charge in [0, 0.05) is 25.4 Å². The van der Waals surface area contributed by atoms with Crippen molar-refractivity contribution in [2.45, 2.75) is 6.42 Å². The van der Waals surface area contributed by atoms with E-state index in [-0.39, 0.29) is 5.91 Å². The van der Waals surface area contributed by atoms with Gasteiger partial charge in [0.05, 0.1) is 5.69 Å². The lowest BCUT2D eigenvalue weighted by Crippen LogP contribution is -2.23. The number of carbonyl (C=O) groups is 1. The molecule has 17 heavy (non-hydrogen) atoms. The van der Waals surface area contributed by atoms with E-state index in [0.717, 1.165) is 0 Å². The average Bonchev–Trinajstić information content (AvgIpc) is 2.68. The topological polar surface area (TPSA) is 80.9 Å². The summed E-state index contributed by atoms with van der Waals surface area (Å²) in [5.74, 6) is 2.21. The molecule has 2 rings (SSSR count). The first-order chi connectivity index (χ1) is 8.24. The molecule has 6 heteroatoms. The second kappa shape index (κ2) is 4.80. The predicted octanol–water partition coefficient (Wildman–Crippen LogP) is 1.03. The Kier molecular flexibility index (Phi) is 3.21. The zero-order valence-electron chi connectivity index (χ0n) is 8.93. The fraction of sp³-hybridized carbons (Fsp3) is 0.182. The van der Waals surface area contributed by atoms with Gasteiger partial charge >= 0.3 is 0 Å². The molecular formula is C11H10N4OS. The van der Waals surface area contributed by atoms with E-state index in [1.54, 1.807) is 12.4 Å². The van der Waals surface area contributed by atoms with E-state index in [2.05, 4.69) is 21.2 Å². The third kappa shape index (κ3) is 2.19. The highest BCUT2D eigenvalue weighted by atomic mass is 32.1. The number of anilines is 1. The Bertz CT molecular complexity index is 599. The zero-order chi connectivity index (χ0) is 12.3. The summed E-state index contributed by atoms with van der Waals surface area (Å²) in [5.41, 5.74) is 6.79. The quantitative estimate of drug-likeness (QED) is 0.626. The van der Waals surface area contributed by atoms with Gasteiger partial charge in [-0.1, -0.05) is 0 Å². The molecule has 2 aromatic heterocycles. The van der Waals surface area contributed by atoms with E-state index in [9.17, 15) is 4.79 Å². The molecule has 0 aliphatic rings. The van der Waals surface area contributed by atoms with Crippen LogP contribution in [-0.2, 0) is 0 Å². The normalized spacial score (nSPS) is 10.1. The number of nitrogens with one attached hydrogen (secondary N) is 1. The second-order valence-electron chi connectivity index (χ2n) is 3.26. The van der Waals surface area contributed by atoms with Crippen LogP contribution in [0.2, 0.25) is 0 Å². The summed E-state index contributed by atoms with van der Waals surface area (Å²) in [4.78, 5) is 21.1. The summed E-state index contributed by atoms with van der Waals surface area (Å²) in [7, 11) is 0. The maximum absolute atomic E-state index is 11.8. The molecule has 0 aliphatic heterocycles. The summed E-state index contributed by atoms with van der Waals surface area (Å²) in [5, 5.41) is 2.70. The molecule has 1 amide bonds. The molecule has 0 aliphatic carbocycles. The molecule has 86 valence electrons. The molecule has 2 heterocycles. The lowest BCUT2D eigenvalue weighted by atomic mass is 10.3. The highest BCUT2D eigenvalue weighted by molar-refractivity contribution is 7.21. The summed E-state index contributed by atoms with van der Waals surface area (Å²) in [6, 6.07) is 0. The molecule has 5 nitrogen and oxygen atoms in total. The number of nitrogens with zero attached hydrogens (tertiary/aromatic N) is 2. The monoisotopic (exact) mass is 246 g/mol. The SMILES string of the molecule is C#CCCNC(=O)c1sc2nccnc2c1N. The molecule has 0 radical (unpaired) electrons. The fourth-order valence-corrected chi connectivity index (χ4v) is 2.28. The summed E-state index contributed by atoms with van der Waals surface area (Å²) >= 11 is 1.23. The Hall–Kier alpha value is -2.13. The van der Waals surface area contributed by atoms with E-state index in [1.807, 2.05) is 0 Å². The van der Waals surface area contributed by atoms with Crippen molar-refractivity contribution in [2.75, 3.05) is 12.3 Å². The minimum absolute atomic E-state index is 0.234. The van der Waals surface area contributed by atoms with Gasteiger partial charge in [0.2, 0.25) is 0 Å². The molecule has 0 saturated carbocycles. The molecule has 0 saturated heterocycles. The maximum Gasteiger partial charge on any atom is 0.263 e. The van der Waals surface area contributed by atoms with Gasteiger partial charge in [-0.15, -0.1) is 23.7 Å². The zero-order valence-corrected chi connectivity index (χ0v) is 9.75. The van der Waals surface area contributed by atoms with Gasteiger partial charge in [0.15, 0.2) is 0 Å². The van der Waals surface area contributed by atoms with Crippen molar-refractivity contribution >= 4 is 33.3 Å². The number of nitrogens with two attached hydrogens (primary N) is 1. The summed E-state index contributed by atoms with van der Waals surface area (Å²) < 4.78 is 0. The number of rotatable bonds is 3. The first-order valence-corrected chi connectivity index (χ1v) is 5.76. The van der Waals surface area contributed by atoms with Crippen molar-refractivity contribution in [1.82, 2.24) is 15.3 Å². The lowest BCUT2D eigenvalue weighted by Gasteiger charge is -2.00. The van der Waals surface area contributed by atoms with Gasteiger partial charge in [-0.25, -0.2) is 9.97 Å². The first-order valence-electron chi connectivity index (χ1n) is 4.94. The fourth-order valence-electron chi connectivity index (χ4n) is 1.34. The molecule has 0 fully saturated rings. The van der Waals surface area contributed by atoms with Crippen LogP contribution in [0.3, 0.4) is 0 Å². The Morgan fingerprint density at radius 2 is 2.29 bits per heavy atom. The van der Waals surface area contributed by atoms with Crippen LogP contribution in [0.4, 0.5) is 5.69 Å². The van der Waals surface area contributed by atoms with Crippen LogP contribution >= 0.6 is 11.3 Å². The summed E-state index contributed by atoms with van der Waals surface area (Å²) in [6.45, 7) is 0.434. The van der Waals surface area contributed by atoms with E-state index in [0.29, 0.717) is 33.9 Å². The van der Waals surface area contributed by atoms with Crippen molar-refractivity contribution in [3.05, 3.63) is 17.3 Å². The Morgan fingerprint density at radius 3 is 3.00 bits per heavy atom. The van der Waals surface area contributed by atoms with E-state index in [4.69, 9.17) is 12.2 Å². The summed E-state index contributed by atoms with van der Waals surface area (Å²) in [6.07, 6.45) is 8.71. The van der Waals surface area contributed by atoms with Crippen molar-refractivity contribution in [2.24, 2.45) is 0 Å². The van der Waals surface area contributed by atoms with Crippen molar-refractivity contribution in [3.63, 3.8) is 0 Å². The van der Waals surface area contributed by atoms with Crippen LogP contribution < -0.4 is 11.1 Å². The number of nitrogen functional groups attached to an aromatic ring is 1. The third-order valence-electron chi connectivity index (χ3n) is 2.12. The highest BCUT2D eigenvalue weighted by Crippen LogP contribution is 2.30. The number of carbonyl (C=O) groups excluding carboxylic acids is 1. The van der Waals surface area contributed by atoms with E-state index in [1.165, 1.54) is 11.3 Å². The van der Waals surface area contributed by atoms with Crippen LogP contribution in [0.25, 0.3) is 10.3 Å². The lowest BCUT2D eigenvalue weighted by molar-refractivity contribution is 0.0959. The van der Waals surface area contributed by atoms with Gasteiger partial charge in [-0.05, 0) is 0 Å². The van der Waals surface area contributed by atoms with Crippen molar-refractivity contribution in [3.8, 4) is 12.3 Å². The molecular weight excluding hydrogens is 236 g/mol. The Labute approximate surface area is 102 Å². The Balaban J connectivity index is 2.27. The molecule has 2 aromatic rings. The van der Waals surface area contributed by atoms with Crippen LogP contribution in [0.1, 0.15) is 16.1 Å².